The lowest BCUT2D eigenvalue weighted by Crippen LogP contribution is -2.53. The molecule has 0 saturated heterocycles. The minimum Gasteiger partial charge on any atom is -0.540 e. The highest BCUT2D eigenvalue weighted by molar-refractivity contribution is 6.62. The maximum absolute atomic E-state index is 6.52. The Morgan fingerprint density at radius 2 is 1.33 bits per heavy atom. The summed E-state index contributed by atoms with van der Waals surface area (Å²) in [5.74, 6) is 4.45. The van der Waals surface area contributed by atoms with E-state index in [2.05, 4.69) is 86.8 Å². The van der Waals surface area contributed by atoms with Crippen molar-refractivity contribution in [3.8, 4) is 0 Å². The highest BCUT2D eigenvalue weighted by Gasteiger charge is 2.60. The minimum atomic E-state index is -2.71. The summed E-state index contributed by atoms with van der Waals surface area (Å²) < 4.78 is 19.6. The van der Waals surface area contributed by atoms with Gasteiger partial charge in [-0.3, -0.25) is 15.3 Å². The quantitative estimate of drug-likeness (QED) is 0.0609. The van der Waals surface area contributed by atoms with Crippen molar-refractivity contribution in [2.45, 2.75) is 132 Å². The Morgan fingerprint density at radius 3 is 1.84 bits per heavy atom. The zero-order valence-corrected chi connectivity index (χ0v) is 34.3. The fourth-order valence-electron chi connectivity index (χ4n) is 11.4. The molecule has 7 rings (SSSR count). The molecule has 0 amide bonds. The lowest BCUT2D eigenvalue weighted by atomic mass is 9.44. The fourth-order valence-corrected chi connectivity index (χ4v) is 11.4. The van der Waals surface area contributed by atoms with Crippen LogP contribution in [0.15, 0.2) is 63.9 Å². The number of rotatable bonds is 15. The molecule has 0 radical (unpaired) electrons. The van der Waals surface area contributed by atoms with E-state index in [0.29, 0.717) is 28.5 Å². The first-order valence-electron chi connectivity index (χ1n) is 20.9. The molecule has 4 aliphatic rings. The van der Waals surface area contributed by atoms with Crippen LogP contribution in [0.3, 0.4) is 0 Å². The van der Waals surface area contributed by atoms with E-state index in [1.165, 1.54) is 50.5 Å². The number of hydrogen-bond acceptors (Lipinski definition) is 9. The van der Waals surface area contributed by atoms with Crippen molar-refractivity contribution < 1.29 is 14.3 Å². The number of fused-ring (bicyclic) bond motifs is 5. The zero-order chi connectivity index (χ0) is 38.8. The topological polar surface area (TPSA) is 151 Å². The van der Waals surface area contributed by atoms with Crippen molar-refractivity contribution in [2.75, 3.05) is 0 Å². The highest BCUT2D eigenvalue weighted by Crippen LogP contribution is 2.68. The Morgan fingerprint density at radius 1 is 0.764 bits per heavy atom. The van der Waals surface area contributed by atoms with Gasteiger partial charge in [0.25, 0.3) is 0 Å². The van der Waals surface area contributed by atoms with Gasteiger partial charge >= 0.3 is 6.75 Å². The van der Waals surface area contributed by atoms with E-state index in [-0.39, 0.29) is 11.2 Å². The first kappa shape index (κ1) is 39.1. The van der Waals surface area contributed by atoms with Crippen molar-refractivity contribution in [3.63, 3.8) is 0 Å². The maximum atomic E-state index is 6.52. The fraction of sp³-hybridized carbons (Fsp3) is 0.667. The van der Waals surface area contributed by atoms with Crippen LogP contribution in [0.4, 0.5) is 0 Å². The molecule has 0 unspecified atom stereocenters. The second kappa shape index (κ2) is 16.1. The summed E-state index contributed by atoms with van der Waals surface area (Å²) in [7, 11) is 0. The second-order valence-electron chi connectivity index (χ2n) is 18.2. The smallest absolute Gasteiger partial charge is 0.540 e. The molecule has 3 N–H and O–H groups in total. The van der Waals surface area contributed by atoms with E-state index in [9.17, 15) is 0 Å². The third-order valence-corrected chi connectivity index (χ3v) is 14.6. The molecule has 13 heteroatoms. The summed E-state index contributed by atoms with van der Waals surface area (Å²) in [5.41, 5.74) is 6.08. The number of aromatic nitrogens is 6. The van der Waals surface area contributed by atoms with E-state index in [0.717, 1.165) is 72.4 Å². The van der Waals surface area contributed by atoms with Crippen molar-refractivity contribution in [1.29, 1.82) is 0 Å². The van der Waals surface area contributed by atoms with Crippen LogP contribution < -0.4 is 0 Å². The summed E-state index contributed by atoms with van der Waals surface area (Å²) >= 11 is 0. The van der Waals surface area contributed by atoms with Crippen LogP contribution in [-0.4, -0.2) is 54.5 Å². The Hall–Kier alpha value is -4.16. The van der Waals surface area contributed by atoms with Gasteiger partial charge in [-0.05, 0) is 136 Å². The molecule has 298 valence electrons. The number of hydrogen-bond donors (Lipinski definition) is 3. The van der Waals surface area contributed by atoms with Crippen LogP contribution in [0.1, 0.15) is 143 Å². The molecular formula is C42H63BN9O3-. The van der Waals surface area contributed by atoms with E-state index >= 15 is 0 Å². The van der Waals surface area contributed by atoms with Gasteiger partial charge in [0.1, 0.15) is 0 Å². The average molecular weight is 753 g/mol. The molecular weight excluding hydrogens is 689 g/mol. The SMILES string of the molecule is CC(=NO[B-](O/N=C(\C)c1ccn[nH]1)(O/N=C(\C)c1ccn[nH]1)[C@H]1CC[C@@]2(C)C(=CC[C@H]3[C@@H]4CC[C@H]([C@H](C)CCCC(C)C)[C@@]4(C)CC[C@@H]32)C1)c1ccn[nH]1. The Bertz CT molecular complexity index is 1710. The monoisotopic (exact) mass is 753 g/mol. The molecule has 0 spiro atoms. The van der Waals surface area contributed by atoms with Crippen LogP contribution in [0, 0.1) is 46.3 Å². The summed E-state index contributed by atoms with van der Waals surface area (Å²) in [6.07, 6.45) is 20.9. The predicted molar refractivity (Wildman–Crippen MR) is 218 cm³/mol. The molecule has 3 aromatic rings. The Balaban J connectivity index is 1.18. The second-order valence-corrected chi connectivity index (χ2v) is 18.2. The van der Waals surface area contributed by atoms with Gasteiger partial charge in [-0.25, -0.2) is 0 Å². The molecule has 4 aliphatic carbocycles. The van der Waals surface area contributed by atoms with Gasteiger partial charge in [-0.2, -0.15) is 15.3 Å². The van der Waals surface area contributed by atoms with E-state index in [1.54, 1.807) is 18.6 Å². The third kappa shape index (κ3) is 7.81. The van der Waals surface area contributed by atoms with E-state index in [4.69, 9.17) is 14.3 Å². The minimum absolute atomic E-state index is 0.114. The molecule has 8 atom stereocenters. The third-order valence-electron chi connectivity index (χ3n) is 14.6. The molecule has 0 aliphatic heterocycles. The van der Waals surface area contributed by atoms with Gasteiger partial charge < -0.3 is 14.3 Å². The molecule has 12 nitrogen and oxygen atoms in total. The van der Waals surface area contributed by atoms with Gasteiger partial charge in [-0.15, -0.1) is 15.5 Å². The predicted octanol–water partition coefficient (Wildman–Crippen LogP) is 9.83. The molecule has 3 aromatic heterocycles. The van der Waals surface area contributed by atoms with Crippen LogP contribution in [0.25, 0.3) is 0 Å². The molecule has 55 heavy (non-hydrogen) atoms. The molecule has 3 saturated carbocycles. The van der Waals surface area contributed by atoms with Crippen LogP contribution in [0.2, 0.25) is 5.82 Å². The van der Waals surface area contributed by atoms with Crippen LogP contribution in [0.5, 0.6) is 0 Å². The number of H-pyrrole nitrogens is 3. The maximum Gasteiger partial charge on any atom is 0.612 e. The number of aromatic amines is 3. The lowest BCUT2D eigenvalue weighted by molar-refractivity contribution is -0.0520. The average Bonchev–Trinajstić information content (AvgIpc) is 4.01. The van der Waals surface area contributed by atoms with Crippen molar-refractivity contribution in [1.82, 2.24) is 30.6 Å². The molecule has 0 aromatic carbocycles. The van der Waals surface area contributed by atoms with Gasteiger partial charge in [0.2, 0.25) is 0 Å². The summed E-state index contributed by atoms with van der Waals surface area (Å²) in [6.45, 7) is 15.4. The summed E-state index contributed by atoms with van der Waals surface area (Å²) in [4.78, 5) is 0. The van der Waals surface area contributed by atoms with Crippen molar-refractivity contribution in [3.05, 3.63) is 65.5 Å². The van der Waals surface area contributed by atoms with E-state index < -0.39 is 6.75 Å². The zero-order valence-electron chi connectivity index (χ0n) is 34.3. The summed E-state index contributed by atoms with van der Waals surface area (Å²) in [5, 5.41) is 35.0. The normalized spacial score (nSPS) is 30.7. The molecule has 3 fully saturated rings. The standard InChI is InChI=1S/C42H63BN9O3/c1-27(2)10-9-11-28(3)35-14-15-36-34-13-12-32-26-33(16-21-41(32,7)37(34)17-22-42(35,36)8)43(53-50-29(4)38-18-23-44-47-38,54-51-30(5)39-19-24-45-48-39)55-52-31(6)40-20-25-46-49-40/h12,18-20,23-25,27-28,33-37H,9-11,13-17,21-22,26H2,1-8H3,(H,44,47)(H,45,48)(H,46,49)/q-1/b50-29+,51-30+,52-31?/t28-,33+,34+,35-,36+,37+,41+,42-/m1/s1. The molecule has 0 bridgehead atoms. The summed E-state index contributed by atoms with van der Waals surface area (Å²) in [6, 6.07) is 5.55. The van der Waals surface area contributed by atoms with Gasteiger partial charge in [0.15, 0.2) is 0 Å². The van der Waals surface area contributed by atoms with Gasteiger partial charge in [0.05, 0.1) is 34.2 Å². The number of allylic oxidation sites excluding steroid dienone is 2. The first-order valence-corrected chi connectivity index (χ1v) is 20.9. The van der Waals surface area contributed by atoms with Crippen LogP contribution >= 0.6 is 0 Å². The number of nitrogens with zero attached hydrogens (tertiary/aromatic N) is 6. The largest absolute Gasteiger partial charge is 0.612 e. The first-order chi connectivity index (χ1) is 26.4. The number of oxime groups is 3. The Labute approximate surface area is 327 Å². The van der Waals surface area contributed by atoms with Crippen LogP contribution in [-0.2, 0) is 14.3 Å². The number of nitrogens with one attached hydrogen (secondary N) is 3. The Kier molecular flexibility index (Phi) is 11.5. The molecule has 3 heterocycles. The highest BCUT2D eigenvalue weighted by atomic mass is 16.9. The van der Waals surface area contributed by atoms with Crippen molar-refractivity contribution in [2.24, 2.45) is 61.8 Å². The van der Waals surface area contributed by atoms with E-state index in [1.807, 2.05) is 39.0 Å². The van der Waals surface area contributed by atoms with Gasteiger partial charge in [0, 0.05) is 18.6 Å². The van der Waals surface area contributed by atoms with Crippen molar-refractivity contribution >= 4 is 23.9 Å². The lowest BCUT2D eigenvalue weighted by Gasteiger charge is -2.59. The van der Waals surface area contributed by atoms with Gasteiger partial charge in [-0.1, -0.05) is 72.0 Å².